The lowest BCUT2D eigenvalue weighted by Gasteiger charge is -2.06. The molecule has 6 heteroatoms. The Kier molecular flexibility index (Phi) is 4.47. The number of sulfonamides is 1. The molecule has 0 unspecified atom stereocenters. The minimum absolute atomic E-state index is 0.110. The molecule has 0 bridgehead atoms. The minimum Gasteiger partial charge on any atom is -0.210 e. The average Bonchev–Trinajstić information content (AvgIpc) is 2.64. The van der Waals surface area contributed by atoms with E-state index in [1.165, 1.54) is 6.07 Å². The third-order valence-corrected chi connectivity index (χ3v) is 4.95. The van der Waals surface area contributed by atoms with E-state index in [2.05, 4.69) is 4.72 Å². The molecule has 1 N–H and O–H groups in total. The number of hydrogen-bond donors (Lipinski definition) is 1. The van der Waals surface area contributed by atoms with Crippen LogP contribution in [0, 0.1) is 17.2 Å². The molecule has 0 radical (unpaired) electrons. The van der Waals surface area contributed by atoms with Crippen molar-refractivity contribution in [3.8, 4) is 6.07 Å². The van der Waals surface area contributed by atoms with E-state index in [1.807, 2.05) is 19.9 Å². The van der Waals surface area contributed by atoms with Gasteiger partial charge in [0.2, 0.25) is 0 Å². The highest BCUT2D eigenvalue weighted by molar-refractivity contribution is 7.91. The first kappa shape index (κ1) is 13.2. The summed E-state index contributed by atoms with van der Waals surface area (Å²) in [5.74, 6) is 0.446. The van der Waals surface area contributed by atoms with E-state index in [-0.39, 0.29) is 9.77 Å². The number of nitrogens with zero attached hydrogens (tertiary/aromatic N) is 1. The van der Waals surface area contributed by atoms with Gasteiger partial charge >= 0.3 is 0 Å². The third-order valence-electron chi connectivity index (χ3n) is 2.01. The van der Waals surface area contributed by atoms with Gasteiger partial charge in [0.15, 0.2) is 4.21 Å². The second kappa shape index (κ2) is 5.43. The largest absolute Gasteiger partial charge is 0.251 e. The van der Waals surface area contributed by atoms with E-state index in [0.29, 0.717) is 12.5 Å². The van der Waals surface area contributed by atoms with Gasteiger partial charge in [-0.25, -0.2) is 13.1 Å². The van der Waals surface area contributed by atoms with Crippen molar-refractivity contribution < 1.29 is 8.42 Å². The Morgan fingerprint density at radius 2 is 2.25 bits per heavy atom. The number of rotatable bonds is 5. The molecular formula is C10H14N2O2S2. The second-order valence-electron chi connectivity index (χ2n) is 3.81. The molecule has 16 heavy (non-hydrogen) atoms. The lowest BCUT2D eigenvalue weighted by atomic mass is 10.1. The number of nitriles is 1. The summed E-state index contributed by atoms with van der Waals surface area (Å²) in [5.41, 5.74) is 0.210. The molecule has 1 rings (SSSR count). The van der Waals surface area contributed by atoms with Crippen LogP contribution >= 0.6 is 11.3 Å². The fraction of sp³-hybridized carbons (Fsp3) is 0.500. The lowest BCUT2D eigenvalue weighted by molar-refractivity contribution is 0.553. The van der Waals surface area contributed by atoms with Crippen LogP contribution in [-0.2, 0) is 10.0 Å². The van der Waals surface area contributed by atoms with Crippen LogP contribution in [0.15, 0.2) is 15.7 Å². The summed E-state index contributed by atoms with van der Waals surface area (Å²) in [6, 6.07) is 3.39. The van der Waals surface area contributed by atoms with Gasteiger partial charge < -0.3 is 0 Å². The fourth-order valence-corrected chi connectivity index (χ4v) is 3.47. The summed E-state index contributed by atoms with van der Waals surface area (Å²) >= 11 is 1.07. The number of thiophene rings is 1. The summed E-state index contributed by atoms with van der Waals surface area (Å²) in [6.07, 6.45) is 0.784. The van der Waals surface area contributed by atoms with E-state index >= 15 is 0 Å². The van der Waals surface area contributed by atoms with Gasteiger partial charge in [0.1, 0.15) is 6.07 Å². The van der Waals surface area contributed by atoms with E-state index < -0.39 is 10.0 Å². The van der Waals surface area contributed by atoms with Gasteiger partial charge in [0.25, 0.3) is 10.0 Å². The Morgan fingerprint density at radius 3 is 2.81 bits per heavy atom. The smallest absolute Gasteiger partial charge is 0.210 e. The molecule has 0 aliphatic heterocycles. The van der Waals surface area contributed by atoms with Crippen molar-refractivity contribution >= 4 is 21.4 Å². The van der Waals surface area contributed by atoms with Gasteiger partial charge in [-0.3, -0.25) is 0 Å². The molecule has 0 aromatic carbocycles. The maximum Gasteiger partial charge on any atom is 0.251 e. The van der Waals surface area contributed by atoms with Crippen LogP contribution in [0.4, 0.5) is 0 Å². The highest BCUT2D eigenvalue weighted by Gasteiger charge is 2.19. The van der Waals surface area contributed by atoms with E-state index in [1.54, 1.807) is 5.38 Å². The van der Waals surface area contributed by atoms with Crippen LogP contribution in [-0.4, -0.2) is 15.0 Å². The van der Waals surface area contributed by atoms with Crippen molar-refractivity contribution in [1.82, 2.24) is 4.72 Å². The minimum atomic E-state index is -3.51. The van der Waals surface area contributed by atoms with Crippen LogP contribution < -0.4 is 4.72 Å². The first-order valence-corrected chi connectivity index (χ1v) is 7.31. The Hall–Kier alpha value is -0.900. The molecule has 0 atom stereocenters. The maximum atomic E-state index is 11.8. The van der Waals surface area contributed by atoms with Crippen molar-refractivity contribution in [1.29, 1.82) is 5.26 Å². The van der Waals surface area contributed by atoms with Gasteiger partial charge in [0.05, 0.1) is 5.56 Å². The molecule has 0 amide bonds. The van der Waals surface area contributed by atoms with Crippen LogP contribution in [0.1, 0.15) is 25.8 Å². The standard InChI is InChI=1S/C10H14N2O2S2/c1-8(2)3-5-12-16(13,14)10-9(7-11)4-6-15-10/h4,6,8,12H,3,5H2,1-2H3. The topological polar surface area (TPSA) is 70.0 Å². The molecule has 1 aromatic heterocycles. The van der Waals surface area contributed by atoms with Crippen molar-refractivity contribution in [2.75, 3.05) is 6.54 Å². The molecule has 1 heterocycles. The highest BCUT2D eigenvalue weighted by atomic mass is 32.2. The molecular weight excluding hydrogens is 244 g/mol. The van der Waals surface area contributed by atoms with Gasteiger partial charge in [-0.15, -0.1) is 11.3 Å². The molecule has 88 valence electrons. The molecule has 0 fully saturated rings. The van der Waals surface area contributed by atoms with Crippen LogP contribution in [0.5, 0.6) is 0 Å². The van der Waals surface area contributed by atoms with Crippen molar-refractivity contribution in [2.45, 2.75) is 24.5 Å². The maximum absolute atomic E-state index is 11.8. The van der Waals surface area contributed by atoms with Crippen LogP contribution in [0.2, 0.25) is 0 Å². The zero-order valence-corrected chi connectivity index (χ0v) is 10.9. The molecule has 0 saturated carbocycles. The molecule has 0 spiro atoms. The van der Waals surface area contributed by atoms with Crippen LogP contribution in [0.25, 0.3) is 0 Å². The van der Waals surface area contributed by atoms with E-state index in [0.717, 1.165) is 17.8 Å². The SMILES string of the molecule is CC(C)CCNS(=O)(=O)c1sccc1C#N. The average molecular weight is 258 g/mol. The van der Waals surface area contributed by atoms with E-state index in [4.69, 9.17) is 5.26 Å². The third kappa shape index (κ3) is 3.30. The molecule has 1 aromatic rings. The fourth-order valence-electron chi connectivity index (χ4n) is 1.13. The summed E-state index contributed by atoms with van der Waals surface area (Å²) in [4.78, 5) is 0. The quantitative estimate of drug-likeness (QED) is 0.877. The van der Waals surface area contributed by atoms with Crippen molar-refractivity contribution in [3.05, 3.63) is 17.0 Å². The second-order valence-corrected chi connectivity index (χ2v) is 6.69. The first-order valence-electron chi connectivity index (χ1n) is 4.94. The molecule has 0 saturated heterocycles. The van der Waals surface area contributed by atoms with Gasteiger partial charge in [-0.2, -0.15) is 5.26 Å². The Labute approximate surface area is 100.0 Å². The number of nitrogens with one attached hydrogen (secondary N) is 1. The Balaban J connectivity index is 2.76. The highest BCUT2D eigenvalue weighted by Crippen LogP contribution is 2.21. The van der Waals surface area contributed by atoms with Crippen molar-refractivity contribution in [3.63, 3.8) is 0 Å². The summed E-state index contributed by atoms with van der Waals surface area (Å²) in [6.45, 7) is 4.46. The predicted octanol–water partition coefficient (Wildman–Crippen LogP) is 1.94. The van der Waals surface area contributed by atoms with Gasteiger partial charge in [-0.1, -0.05) is 13.8 Å². The van der Waals surface area contributed by atoms with E-state index in [9.17, 15) is 8.42 Å². The zero-order chi connectivity index (χ0) is 12.2. The Morgan fingerprint density at radius 1 is 1.56 bits per heavy atom. The summed E-state index contributed by atoms with van der Waals surface area (Å²) in [7, 11) is -3.51. The lowest BCUT2D eigenvalue weighted by Crippen LogP contribution is -2.25. The first-order chi connectivity index (χ1) is 7.47. The molecule has 4 nitrogen and oxygen atoms in total. The normalized spacial score (nSPS) is 11.6. The zero-order valence-electron chi connectivity index (χ0n) is 9.23. The predicted molar refractivity (Wildman–Crippen MR) is 63.7 cm³/mol. The van der Waals surface area contributed by atoms with Crippen molar-refractivity contribution in [2.24, 2.45) is 5.92 Å². The monoisotopic (exact) mass is 258 g/mol. The summed E-state index contributed by atoms with van der Waals surface area (Å²) in [5, 5.41) is 10.4. The Bertz CT molecular complexity index is 483. The van der Waals surface area contributed by atoms with Gasteiger partial charge in [-0.05, 0) is 23.8 Å². The summed E-state index contributed by atoms with van der Waals surface area (Å²) < 4.78 is 26.2. The van der Waals surface area contributed by atoms with Crippen LogP contribution in [0.3, 0.4) is 0 Å². The molecule has 0 aliphatic rings. The number of hydrogen-bond acceptors (Lipinski definition) is 4. The van der Waals surface area contributed by atoms with Gasteiger partial charge in [0, 0.05) is 6.54 Å². The molecule has 0 aliphatic carbocycles.